The van der Waals surface area contributed by atoms with Crippen molar-refractivity contribution in [2.24, 2.45) is 0 Å². The zero-order valence-electron chi connectivity index (χ0n) is 37.2. The Morgan fingerprint density at radius 3 is 1.68 bits per heavy atom. The average Bonchev–Trinajstić information content (AvgIpc) is 3.23. The smallest absolute Gasteiger partial charge is 0.305 e. The van der Waals surface area contributed by atoms with E-state index in [1.807, 2.05) is 6.08 Å². The van der Waals surface area contributed by atoms with Gasteiger partial charge in [0.1, 0.15) is 24.4 Å². The van der Waals surface area contributed by atoms with Crippen LogP contribution >= 0.6 is 0 Å². The number of ether oxygens (including phenoxy) is 3. The molecule has 59 heavy (non-hydrogen) atoms. The summed E-state index contributed by atoms with van der Waals surface area (Å²) in [5.41, 5.74) is 0. The summed E-state index contributed by atoms with van der Waals surface area (Å²) in [6, 6.07) is -0.829. The van der Waals surface area contributed by atoms with Gasteiger partial charge in [0.15, 0.2) is 6.29 Å². The van der Waals surface area contributed by atoms with Gasteiger partial charge in [-0.05, 0) is 77.0 Å². The number of aliphatic hydroxyl groups is 5. The van der Waals surface area contributed by atoms with Crippen molar-refractivity contribution in [1.82, 2.24) is 5.32 Å². The van der Waals surface area contributed by atoms with Gasteiger partial charge in [0, 0.05) is 12.8 Å². The maximum Gasteiger partial charge on any atom is 0.305 e. The first-order chi connectivity index (χ1) is 28.7. The van der Waals surface area contributed by atoms with E-state index in [1.165, 1.54) is 77.0 Å². The van der Waals surface area contributed by atoms with Gasteiger partial charge in [0.2, 0.25) is 5.91 Å². The molecule has 1 heterocycles. The fraction of sp³-hybridized carbons (Fsp3) is 0.833. The molecule has 1 saturated heterocycles. The number of hydrogen-bond acceptors (Lipinski definition) is 10. The average molecular weight is 838 g/mol. The molecule has 0 spiro atoms. The lowest BCUT2D eigenvalue weighted by Crippen LogP contribution is -2.60. The van der Waals surface area contributed by atoms with Crippen LogP contribution in [0.25, 0.3) is 0 Å². The van der Waals surface area contributed by atoms with E-state index >= 15 is 0 Å². The lowest BCUT2D eigenvalue weighted by Gasteiger charge is -2.40. The molecule has 0 aliphatic carbocycles. The number of allylic oxidation sites excluding steroid dienone is 5. The summed E-state index contributed by atoms with van der Waals surface area (Å²) in [5, 5.41) is 54.0. The number of unbranched alkanes of at least 4 members (excludes halogenated alkanes) is 21. The molecule has 0 saturated carbocycles. The van der Waals surface area contributed by atoms with E-state index < -0.39 is 49.5 Å². The highest BCUT2D eigenvalue weighted by Crippen LogP contribution is 2.22. The van der Waals surface area contributed by atoms with Crippen LogP contribution in [0.3, 0.4) is 0 Å². The number of carbonyl (C=O) groups is 2. The van der Waals surface area contributed by atoms with Crippen LogP contribution in [0.5, 0.6) is 0 Å². The first-order valence-electron chi connectivity index (χ1n) is 23.8. The van der Waals surface area contributed by atoms with Crippen molar-refractivity contribution in [3.8, 4) is 0 Å². The molecule has 0 bridgehead atoms. The third-order valence-corrected chi connectivity index (χ3v) is 11.0. The lowest BCUT2D eigenvalue weighted by molar-refractivity contribution is -0.302. The fourth-order valence-electron chi connectivity index (χ4n) is 7.05. The number of aliphatic hydroxyl groups excluding tert-OH is 5. The molecule has 11 heteroatoms. The summed E-state index contributed by atoms with van der Waals surface area (Å²) in [6.45, 7) is 4.14. The van der Waals surface area contributed by atoms with Crippen molar-refractivity contribution in [2.75, 3.05) is 19.8 Å². The molecular formula is C48H87NO10. The second kappa shape index (κ2) is 38.8. The highest BCUT2D eigenvalue weighted by atomic mass is 16.7. The normalized spacial score (nSPS) is 20.8. The number of rotatable bonds is 39. The summed E-state index contributed by atoms with van der Waals surface area (Å²) in [5.74, 6) is -0.285. The first-order valence-corrected chi connectivity index (χ1v) is 23.8. The Morgan fingerprint density at radius 1 is 0.610 bits per heavy atom. The molecule has 1 aliphatic heterocycles. The Balaban J connectivity index is 2.23. The van der Waals surface area contributed by atoms with Crippen molar-refractivity contribution in [3.05, 3.63) is 36.5 Å². The van der Waals surface area contributed by atoms with E-state index in [9.17, 15) is 35.1 Å². The summed E-state index contributed by atoms with van der Waals surface area (Å²) < 4.78 is 16.6. The van der Waals surface area contributed by atoms with Gasteiger partial charge >= 0.3 is 5.97 Å². The zero-order valence-corrected chi connectivity index (χ0v) is 37.2. The summed E-state index contributed by atoms with van der Waals surface area (Å²) >= 11 is 0. The third kappa shape index (κ3) is 29.7. The van der Waals surface area contributed by atoms with Crippen molar-refractivity contribution < 1.29 is 49.3 Å². The summed E-state index contributed by atoms with van der Waals surface area (Å²) in [6.07, 6.45) is 33.7. The van der Waals surface area contributed by atoms with Crippen LogP contribution in [0, 0.1) is 0 Å². The van der Waals surface area contributed by atoms with Gasteiger partial charge in [0.05, 0.1) is 32.0 Å². The molecule has 0 aromatic heterocycles. The lowest BCUT2D eigenvalue weighted by atomic mass is 9.99. The van der Waals surface area contributed by atoms with Crippen molar-refractivity contribution in [2.45, 2.75) is 236 Å². The fourth-order valence-corrected chi connectivity index (χ4v) is 7.05. The number of amides is 1. The largest absolute Gasteiger partial charge is 0.466 e. The van der Waals surface area contributed by atoms with Crippen LogP contribution in [0.1, 0.15) is 194 Å². The molecule has 0 aromatic rings. The number of carbonyl (C=O) groups excluding carboxylic acids is 2. The van der Waals surface area contributed by atoms with Gasteiger partial charge in [-0.1, -0.05) is 140 Å². The van der Waals surface area contributed by atoms with Crippen molar-refractivity contribution >= 4 is 11.9 Å². The molecule has 1 rings (SSSR count). The van der Waals surface area contributed by atoms with E-state index in [1.54, 1.807) is 6.08 Å². The molecule has 1 amide bonds. The molecule has 344 valence electrons. The van der Waals surface area contributed by atoms with Crippen molar-refractivity contribution in [1.29, 1.82) is 0 Å². The van der Waals surface area contributed by atoms with E-state index in [-0.39, 0.29) is 18.5 Å². The predicted molar refractivity (Wildman–Crippen MR) is 237 cm³/mol. The minimum absolute atomic E-state index is 0.0697. The molecule has 7 unspecified atom stereocenters. The molecule has 11 nitrogen and oxygen atoms in total. The SMILES string of the molecule is CCCC/C=C\CCCCCCCC(=O)OCCCC/C=C\CCCCCCCC(=O)NC(COC1OC(CO)C(O)C(O)C1O)C(O)/C=C/CCCCCCCCC. The van der Waals surface area contributed by atoms with E-state index in [4.69, 9.17) is 14.2 Å². The van der Waals surface area contributed by atoms with Crippen LogP contribution in [0.2, 0.25) is 0 Å². The number of nitrogens with one attached hydrogen (secondary N) is 1. The Kier molecular flexibility index (Phi) is 36.1. The molecule has 6 N–H and O–H groups in total. The standard InChI is InChI=1S/C48H87NO10/c1-3-5-7-9-11-13-15-20-24-28-32-36-44(53)57-37-33-29-25-21-17-14-16-19-23-27-31-35-43(52)49-40(41(51)34-30-26-22-18-12-10-8-6-4-2)39-58-48-47(56)46(55)45(54)42(38-50)59-48/h9,11,17,21,30,34,40-42,45-48,50-51,54-56H,3-8,10,12-16,18-20,22-29,31-33,35-39H2,1-2H3,(H,49,52)/b11-9-,21-17-,34-30+. The van der Waals surface area contributed by atoms with Gasteiger partial charge in [0.25, 0.3) is 0 Å². The molecule has 1 fully saturated rings. The Labute approximate surface area is 358 Å². The van der Waals surface area contributed by atoms with Crippen LogP contribution < -0.4 is 5.32 Å². The minimum Gasteiger partial charge on any atom is -0.466 e. The summed E-state index contributed by atoms with van der Waals surface area (Å²) in [4.78, 5) is 24.9. The Bertz CT molecular complexity index is 1080. The third-order valence-electron chi connectivity index (χ3n) is 11.0. The quantitative estimate of drug-likeness (QED) is 0.0199. The van der Waals surface area contributed by atoms with Gasteiger partial charge in [-0.2, -0.15) is 0 Å². The van der Waals surface area contributed by atoms with Gasteiger partial charge in [-0.3, -0.25) is 9.59 Å². The second-order valence-corrected chi connectivity index (χ2v) is 16.4. The maximum absolute atomic E-state index is 12.9. The van der Waals surface area contributed by atoms with Gasteiger partial charge < -0.3 is 45.1 Å². The molecule has 7 atom stereocenters. The highest BCUT2D eigenvalue weighted by Gasteiger charge is 2.44. The van der Waals surface area contributed by atoms with Crippen LogP contribution in [-0.2, 0) is 23.8 Å². The zero-order chi connectivity index (χ0) is 43.2. The van der Waals surface area contributed by atoms with Crippen LogP contribution in [0.15, 0.2) is 36.5 Å². The highest BCUT2D eigenvalue weighted by molar-refractivity contribution is 5.76. The van der Waals surface area contributed by atoms with E-state index in [2.05, 4.69) is 43.5 Å². The Morgan fingerprint density at radius 2 is 1.10 bits per heavy atom. The van der Waals surface area contributed by atoms with Crippen LogP contribution in [0.4, 0.5) is 0 Å². The number of hydrogen-bond donors (Lipinski definition) is 6. The van der Waals surface area contributed by atoms with E-state index in [0.717, 1.165) is 83.5 Å². The topological polar surface area (TPSA) is 175 Å². The number of esters is 1. The van der Waals surface area contributed by atoms with Gasteiger partial charge in [-0.15, -0.1) is 0 Å². The monoisotopic (exact) mass is 838 g/mol. The minimum atomic E-state index is -1.58. The molecule has 1 aliphatic rings. The molecule has 0 aromatic carbocycles. The molecule has 0 radical (unpaired) electrons. The Hall–Kier alpha value is -2.12. The van der Waals surface area contributed by atoms with E-state index in [0.29, 0.717) is 25.9 Å². The van der Waals surface area contributed by atoms with Gasteiger partial charge in [-0.25, -0.2) is 0 Å². The summed E-state index contributed by atoms with van der Waals surface area (Å²) in [7, 11) is 0. The second-order valence-electron chi connectivity index (χ2n) is 16.4. The maximum atomic E-state index is 12.9. The van der Waals surface area contributed by atoms with Crippen LogP contribution in [-0.4, -0.2) is 100 Å². The first kappa shape index (κ1) is 54.9. The predicted octanol–water partition coefficient (Wildman–Crippen LogP) is 8.82. The van der Waals surface area contributed by atoms with Crippen molar-refractivity contribution in [3.63, 3.8) is 0 Å². The molecular weight excluding hydrogens is 751 g/mol.